The molecule has 1 aliphatic heterocycles. The summed E-state index contributed by atoms with van der Waals surface area (Å²) in [5.74, 6) is 0. The van der Waals surface area contributed by atoms with E-state index in [1.807, 2.05) is 0 Å². The quantitative estimate of drug-likeness (QED) is 0.726. The van der Waals surface area contributed by atoms with E-state index in [0.29, 0.717) is 6.04 Å². The summed E-state index contributed by atoms with van der Waals surface area (Å²) in [7, 11) is 4.30. The Balaban J connectivity index is 2.23. The lowest BCUT2D eigenvalue weighted by atomic mass is 10.0. The molecule has 0 saturated carbocycles. The van der Waals surface area contributed by atoms with Gasteiger partial charge < -0.3 is 10.2 Å². The van der Waals surface area contributed by atoms with Crippen LogP contribution in [0.15, 0.2) is 0 Å². The molecule has 0 bridgehead atoms. The zero-order chi connectivity index (χ0) is 15.2. The lowest BCUT2D eigenvalue weighted by Crippen LogP contribution is -2.54. The zero-order valence-electron chi connectivity index (χ0n) is 14.6. The van der Waals surface area contributed by atoms with Gasteiger partial charge in [-0.05, 0) is 41.3 Å². The Morgan fingerprint density at radius 2 is 1.75 bits per heavy atom. The molecule has 1 aliphatic rings. The minimum atomic E-state index is 0.266. The van der Waals surface area contributed by atoms with Crippen LogP contribution in [0.2, 0.25) is 0 Å². The molecular weight excluding hydrogens is 248 g/mol. The zero-order valence-corrected chi connectivity index (χ0v) is 14.6. The SMILES string of the molecule is CCC(C)(C)NCC(C)N1CCN(CCN(C)C)CC1. The molecule has 0 aromatic rings. The topological polar surface area (TPSA) is 21.8 Å². The molecular formula is C16H36N4. The van der Waals surface area contributed by atoms with E-state index >= 15 is 0 Å². The predicted molar refractivity (Wildman–Crippen MR) is 88.4 cm³/mol. The van der Waals surface area contributed by atoms with Gasteiger partial charge in [-0.25, -0.2) is 0 Å². The average Bonchev–Trinajstić information content (AvgIpc) is 2.43. The fourth-order valence-corrected chi connectivity index (χ4v) is 2.45. The summed E-state index contributed by atoms with van der Waals surface area (Å²) in [5.41, 5.74) is 0.266. The lowest BCUT2D eigenvalue weighted by molar-refractivity contribution is 0.0939. The molecule has 1 heterocycles. The molecule has 0 aromatic heterocycles. The smallest absolute Gasteiger partial charge is 0.0193 e. The van der Waals surface area contributed by atoms with Gasteiger partial charge in [-0.2, -0.15) is 0 Å². The van der Waals surface area contributed by atoms with Gasteiger partial charge in [0, 0.05) is 57.4 Å². The predicted octanol–water partition coefficient (Wildman–Crippen LogP) is 1.33. The van der Waals surface area contributed by atoms with Crippen LogP contribution in [0.25, 0.3) is 0 Å². The first-order chi connectivity index (χ1) is 9.34. The van der Waals surface area contributed by atoms with Gasteiger partial charge >= 0.3 is 0 Å². The van der Waals surface area contributed by atoms with Crippen molar-refractivity contribution < 1.29 is 0 Å². The number of piperazine rings is 1. The number of nitrogens with one attached hydrogen (secondary N) is 1. The Kier molecular flexibility index (Phi) is 7.45. The Morgan fingerprint density at radius 3 is 2.25 bits per heavy atom. The van der Waals surface area contributed by atoms with Gasteiger partial charge in [0.1, 0.15) is 0 Å². The second-order valence-electron chi connectivity index (χ2n) is 7.15. The number of hydrogen-bond donors (Lipinski definition) is 1. The van der Waals surface area contributed by atoms with Gasteiger partial charge in [0.05, 0.1) is 0 Å². The van der Waals surface area contributed by atoms with Crippen LogP contribution in [-0.2, 0) is 0 Å². The van der Waals surface area contributed by atoms with E-state index in [9.17, 15) is 0 Å². The maximum Gasteiger partial charge on any atom is 0.0193 e. The molecule has 1 atom stereocenters. The van der Waals surface area contributed by atoms with Crippen LogP contribution in [0, 0.1) is 0 Å². The average molecular weight is 284 g/mol. The van der Waals surface area contributed by atoms with Crippen molar-refractivity contribution >= 4 is 0 Å². The minimum absolute atomic E-state index is 0.266. The van der Waals surface area contributed by atoms with Crippen LogP contribution in [0.4, 0.5) is 0 Å². The molecule has 1 fully saturated rings. The molecule has 0 spiro atoms. The van der Waals surface area contributed by atoms with Gasteiger partial charge in [-0.3, -0.25) is 9.80 Å². The second-order valence-corrected chi connectivity index (χ2v) is 7.15. The molecule has 1 saturated heterocycles. The van der Waals surface area contributed by atoms with Gasteiger partial charge in [-0.1, -0.05) is 6.92 Å². The first-order valence-electron chi connectivity index (χ1n) is 8.20. The third-order valence-electron chi connectivity index (χ3n) is 4.65. The highest BCUT2D eigenvalue weighted by atomic mass is 15.3. The molecule has 0 aromatic carbocycles. The third kappa shape index (κ3) is 6.53. The number of rotatable bonds is 8. The van der Waals surface area contributed by atoms with Crippen molar-refractivity contribution in [1.82, 2.24) is 20.0 Å². The maximum atomic E-state index is 3.70. The summed E-state index contributed by atoms with van der Waals surface area (Å²) in [6.07, 6.45) is 1.18. The third-order valence-corrected chi connectivity index (χ3v) is 4.65. The lowest BCUT2D eigenvalue weighted by Gasteiger charge is -2.39. The summed E-state index contributed by atoms with van der Waals surface area (Å²) >= 11 is 0. The highest BCUT2D eigenvalue weighted by Gasteiger charge is 2.22. The molecule has 0 amide bonds. The van der Waals surface area contributed by atoms with Crippen molar-refractivity contribution in [3.63, 3.8) is 0 Å². The largest absolute Gasteiger partial charge is 0.310 e. The molecule has 20 heavy (non-hydrogen) atoms. The van der Waals surface area contributed by atoms with Crippen molar-refractivity contribution in [2.24, 2.45) is 0 Å². The Morgan fingerprint density at radius 1 is 1.15 bits per heavy atom. The number of likely N-dealkylation sites (N-methyl/N-ethyl adjacent to an activating group) is 1. The van der Waals surface area contributed by atoms with E-state index in [4.69, 9.17) is 0 Å². The Bertz CT molecular complexity index is 257. The van der Waals surface area contributed by atoms with Crippen molar-refractivity contribution in [3.05, 3.63) is 0 Å². The summed E-state index contributed by atoms with van der Waals surface area (Å²) in [5, 5.41) is 3.70. The normalized spacial score (nSPS) is 20.6. The molecule has 4 heteroatoms. The van der Waals surface area contributed by atoms with Crippen LogP contribution in [-0.4, -0.2) is 86.2 Å². The minimum Gasteiger partial charge on any atom is -0.310 e. The van der Waals surface area contributed by atoms with Gasteiger partial charge in [0.25, 0.3) is 0 Å². The van der Waals surface area contributed by atoms with Crippen LogP contribution in [0.3, 0.4) is 0 Å². The van der Waals surface area contributed by atoms with Crippen LogP contribution < -0.4 is 5.32 Å². The van der Waals surface area contributed by atoms with Gasteiger partial charge in [-0.15, -0.1) is 0 Å². The molecule has 120 valence electrons. The van der Waals surface area contributed by atoms with E-state index in [2.05, 4.69) is 61.8 Å². The Labute approximate surface area is 126 Å². The molecule has 1 N–H and O–H groups in total. The van der Waals surface area contributed by atoms with Crippen LogP contribution in [0.1, 0.15) is 34.1 Å². The standard InChI is InChI=1S/C16H36N4/c1-7-16(3,4)17-14-15(2)20-12-10-19(11-13-20)9-8-18(5)6/h15,17H,7-14H2,1-6H3. The van der Waals surface area contributed by atoms with E-state index in [1.54, 1.807) is 0 Å². The molecule has 4 nitrogen and oxygen atoms in total. The summed E-state index contributed by atoms with van der Waals surface area (Å²) in [4.78, 5) is 7.49. The van der Waals surface area contributed by atoms with Gasteiger partial charge in [0.15, 0.2) is 0 Å². The first kappa shape index (κ1) is 17.9. The van der Waals surface area contributed by atoms with Crippen molar-refractivity contribution in [1.29, 1.82) is 0 Å². The van der Waals surface area contributed by atoms with Crippen molar-refractivity contribution in [2.75, 3.05) is 59.9 Å². The summed E-state index contributed by atoms with van der Waals surface area (Å²) in [6.45, 7) is 17.5. The fourth-order valence-electron chi connectivity index (χ4n) is 2.45. The van der Waals surface area contributed by atoms with Crippen LogP contribution in [0.5, 0.6) is 0 Å². The fraction of sp³-hybridized carbons (Fsp3) is 1.00. The van der Waals surface area contributed by atoms with E-state index in [-0.39, 0.29) is 5.54 Å². The van der Waals surface area contributed by atoms with Crippen molar-refractivity contribution in [3.8, 4) is 0 Å². The van der Waals surface area contributed by atoms with Crippen molar-refractivity contribution in [2.45, 2.75) is 45.7 Å². The molecule has 1 unspecified atom stereocenters. The molecule has 0 radical (unpaired) electrons. The van der Waals surface area contributed by atoms with E-state index in [0.717, 1.165) is 6.54 Å². The highest BCUT2D eigenvalue weighted by Crippen LogP contribution is 2.10. The molecule has 1 rings (SSSR count). The highest BCUT2D eigenvalue weighted by molar-refractivity contribution is 4.82. The molecule has 0 aliphatic carbocycles. The second kappa shape index (κ2) is 8.32. The van der Waals surface area contributed by atoms with E-state index < -0.39 is 0 Å². The van der Waals surface area contributed by atoms with Crippen LogP contribution >= 0.6 is 0 Å². The summed E-state index contributed by atoms with van der Waals surface area (Å²) < 4.78 is 0. The number of nitrogens with zero attached hydrogens (tertiary/aromatic N) is 3. The number of hydrogen-bond acceptors (Lipinski definition) is 4. The van der Waals surface area contributed by atoms with Gasteiger partial charge in [0.2, 0.25) is 0 Å². The first-order valence-corrected chi connectivity index (χ1v) is 8.20. The maximum absolute atomic E-state index is 3.70. The Hall–Kier alpha value is -0.160. The summed E-state index contributed by atoms with van der Waals surface area (Å²) in [6, 6.07) is 0.636. The monoisotopic (exact) mass is 284 g/mol. The van der Waals surface area contributed by atoms with E-state index in [1.165, 1.54) is 45.7 Å².